The van der Waals surface area contributed by atoms with E-state index in [-0.39, 0.29) is 11.2 Å². The molecule has 0 aliphatic heterocycles. The molecule has 1 spiro atoms. The van der Waals surface area contributed by atoms with Gasteiger partial charge in [0.25, 0.3) is 0 Å². The van der Waals surface area contributed by atoms with Gasteiger partial charge in [-0.15, -0.1) is 0 Å². The lowest BCUT2D eigenvalue weighted by atomic mass is 9.58. The minimum Gasteiger partial charge on any atom is -0.489 e. The van der Waals surface area contributed by atoms with Crippen molar-refractivity contribution in [3.05, 3.63) is 76.7 Å². The van der Waals surface area contributed by atoms with Gasteiger partial charge in [0.05, 0.1) is 13.3 Å². The fourth-order valence-electron chi connectivity index (χ4n) is 7.27. The molecule has 1 heterocycles. The molecule has 0 radical (unpaired) electrons. The molecular formula is C33H38FNO2. The molecule has 2 fully saturated rings. The topological polar surface area (TPSA) is 31.4 Å². The quantitative estimate of drug-likeness (QED) is 0.341. The standard InChI is InChI=1S/C33H38FNO2/c1-32(2)13-5-8-28(32)26-17-22(9-12-25(26)27-19-31(36-3)35-20-30(27)34)21-37-24-11-10-23-7-4-14-33(15-6-16-33)29(23)18-24/h9-12,17-20,28H,4-8,13-16,21H2,1-3H3. The van der Waals surface area contributed by atoms with Gasteiger partial charge in [-0.2, -0.15) is 0 Å². The lowest BCUT2D eigenvalue weighted by molar-refractivity contribution is 0.207. The molecule has 2 saturated carbocycles. The van der Waals surface area contributed by atoms with Crippen LogP contribution in [0.5, 0.6) is 11.6 Å². The third-order valence-electron chi connectivity index (χ3n) is 9.55. The van der Waals surface area contributed by atoms with Crippen molar-refractivity contribution in [2.75, 3.05) is 7.11 Å². The number of halogens is 1. The Kier molecular flexibility index (Phi) is 6.25. The zero-order valence-corrected chi connectivity index (χ0v) is 22.4. The number of rotatable bonds is 6. The van der Waals surface area contributed by atoms with Crippen LogP contribution in [0.25, 0.3) is 11.1 Å². The maximum absolute atomic E-state index is 15.0. The van der Waals surface area contributed by atoms with E-state index in [1.165, 1.54) is 74.3 Å². The highest BCUT2D eigenvalue weighted by Crippen LogP contribution is 2.53. The van der Waals surface area contributed by atoms with Crippen molar-refractivity contribution >= 4 is 0 Å². The molecule has 0 saturated heterocycles. The molecule has 0 bridgehead atoms. The third kappa shape index (κ3) is 4.43. The van der Waals surface area contributed by atoms with Crippen LogP contribution < -0.4 is 9.47 Å². The summed E-state index contributed by atoms with van der Waals surface area (Å²) in [6, 6.07) is 14.9. The van der Waals surface area contributed by atoms with Crippen LogP contribution in [0.2, 0.25) is 0 Å². The fourth-order valence-corrected chi connectivity index (χ4v) is 7.27. The van der Waals surface area contributed by atoms with Gasteiger partial charge < -0.3 is 9.47 Å². The summed E-state index contributed by atoms with van der Waals surface area (Å²) in [5.74, 6) is 1.44. The first-order valence-electron chi connectivity index (χ1n) is 14.0. The van der Waals surface area contributed by atoms with E-state index in [1.54, 1.807) is 13.2 Å². The number of aryl methyl sites for hydroxylation is 1. The Morgan fingerprint density at radius 3 is 2.51 bits per heavy atom. The summed E-state index contributed by atoms with van der Waals surface area (Å²) in [4.78, 5) is 4.05. The van der Waals surface area contributed by atoms with Gasteiger partial charge in [-0.1, -0.05) is 51.0 Å². The predicted molar refractivity (Wildman–Crippen MR) is 146 cm³/mol. The first-order chi connectivity index (χ1) is 17.9. The highest BCUT2D eigenvalue weighted by atomic mass is 19.1. The Hall–Kier alpha value is -2.88. The van der Waals surface area contributed by atoms with Crippen molar-refractivity contribution in [2.45, 2.75) is 89.6 Å². The summed E-state index contributed by atoms with van der Waals surface area (Å²) in [5, 5.41) is 0. The van der Waals surface area contributed by atoms with Gasteiger partial charge in [0.2, 0.25) is 5.88 Å². The molecule has 2 aromatic carbocycles. The maximum atomic E-state index is 15.0. The molecule has 6 rings (SSSR count). The first-order valence-corrected chi connectivity index (χ1v) is 14.0. The monoisotopic (exact) mass is 499 g/mol. The number of pyridine rings is 1. The zero-order chi connectivity index (χ0) is 25.6. The second-order valence-electron chi connectivity index (χ2n) is 12.2. The van der Waals surface area contributed by atoms with Gasteiger partial charge in [-0.3, -0.25) is 0 Å². The fraction of sp³-hybridized carbons (Fsp3) is 0.485. The molecule has 4 heteroatoms. The minimum atomic E-state index is -0.319. The maximum Gasteiger partial charge on any atom is 0.213 e. The molecule has 1 unspecified atom stereocenters. The third-order valence-corrected chi connectivity index (χ3v) is 9.55. The Balaban J connectivity index is 1.32. The summed E-state index contributed by atoms with van der Waals surface area (Å²) < 4.78 is 26.7. The molecule has 3 aliphatic carbocycles. The van der Waals surface area contributed by atoms with Gasteiger partial charge in [-0.05, 0) is 102 Å². The van der Waals surface area contributed by atoms with Crippen molar-refractivity contribution in [2.24, 2.45) is 5.41 Å². The molecule has 1 atom stereocenters. The summed E-state index contributed by atoms with van der Waals surface area (Å²) >= 11 is 0. The summed E-state index contributed by atoms with van der Waals surface area (Å²) in [6.45, 7) is 5.18. The second kappa shape index (κ2) is 9.45. The molecule has 3 aliphatic rings. The highest BCUT2D eigenvalue weighted by Gasteiger charge is 2.41. The molecule has 0 amide bonds. The smallest absolute Gasteiger partial charge is 0.213 e. The molecular weight excluding hydrogens is 461 g/mol. The average molecular weight is 500 g/mol. The molecule has 3 nitrogen and oxygen atoms in total. The lowest BCUT2D eigenvalue weighted by Crippen LogP contribution is -2.37. The van der Waals surface area contributed by atoms with Crippen molar-refractivity contribution in [1.82, 2.24) is 4.98 Å². The van der Waals surface area contributed by atoms with Gasteiger partial charge in [0.15, 0.2) is 0 Å². The lowest BCUT2D eigenvalue weighted by Gasteiger charge is -2.46. The van der Waals surface area contributed by atoms with Gasteiger partial charge in [0, 0.05) is 11.6 Å². The van der Waals surface area contributed by atoms with Crippen LogP contribution in [0.1, 0.15) is 93.4 Å². The second-order valence-corrected chi connectivity index (χ2v) is 12.2. The number of benzene rings is 2. The number of ether oxygens (including phenoxy) is 2. The minimum absolute atomic E-state index is 0.164. The average Bonchev–Trinajstić information content (AvgIpc) is 3.25. The zero-order valence-electron chi connectivity index (χ0n) is 22.4. The summed E-state index contributed by atoms with van der Waals surface area (Å²) in [7, 11) is 1.57. The van der Waals surface area contributed by atoms with E-state index in [0.717, 1.165) is 23.3 Å². The number of methoxy groups -OCH3 is 1. The Morgan fingerprint density at radius 2 is 1.78 bits per heavy atom. The van der Waals surface area contributed by atoms with Crippen LogP contribution in [0.4, 0.5) is 4.39 Å². The van der Waals surface area contributed by atoms with Crippen molar-refractivity contribution < 1.29 is 13.9 Å². The Bertz CT molecular complexity index is 1310. The van der Waals surface area contributed by atoms with Crippen LogP contribution in [-0.2, 0) is 18.4 Å². The first kappa shape index (κ1) is 24.5. The number of aromatic nitrogens is 1. The van der Waals surface area contributed by atoms with E-state index in [2.05, 4.69) is 55.2 Å². The van der Waals surface area contributed by atoms with Crippen LogP contribution >= 0.6 is 0 Å². The SMILES string of the molecule is COc1cc(-c2ccc(COc3ccc4c(c3)C3(CCC4)CCC3)cc2C2CCCC2(C)C)c(F)cn1. The summed E-state index contributed by atoms with van der Waals surface area (Å²) in [5.41, 5.74) is 7.44. The normalized spacial score (nSPS) is 21.4. The number of hydrogen-bond acceptors (Lipinski definition) is 3. The van der Waals surface area contributed by atoms with E-state index < -0.39 is 0 Å². The van der Waals surface area contributed by atoms with Crippen LogP contribution in [0.3, 0.4) is 0 Å². The number of nitrogens with zero attached hydrogens (tertiary/aromatic N) is 1. The van der Waals surface area contributed by atoms with Crippen molar-refractivity contribution in [3.8, 4) is 22.8 Å². The molecule has 0 N–H and O–H groups in total. The summed E-state index contributed by atoms with van der Waals surface area (Å²) in [6.07, 6.45) is 12.6. The van der Waals surface area contributed by atoms with Crippen molar-refractivity contribution in [3.63, 3.8) is 0 Å². The van der Waals surface area contributed by atoms with E-state index in [1.807, 2.05) is 0 Å². The Morgan fingerprint density at radius 1 is 0.946 bits per heavy atom. The van der Waals surface area contributed by atoms with Gasteiger partial charge >= 0.3 is 0 Å². The predicted octanol–water partition coefficient (Wildman–Crippen LogP) is 8.53. The van der Waals surface area contributed by atoms with Gasteiger partial charge in [0.1, 0.15) is 18.2 Å². The van der Waals surface area contributed by atoms with Crippen molar-refractivity contribution in [1.29, 1.82) is 0 Å². The number of fused-ring (bicyclic) bond motifs is 2. The van der Waals surface area contributed by atoms with E-state index in [0.29, 0.717) is 29.4 Å². The molecule has 3 aromatic rings. The van der Waals surface area contributed by atoms with E-state index in [9.17, 15) is 0 Å². The molecule has 37 heavy (non-hydrogen) atoms. The molecule has 194 valence electrons. The van der Waals surface area contributed by atoms with Crippen LogP contribution in [0, 0.1) is 11.2 Å². The van der Waals surface area contributed by atoms with E-state index >= 15 is 4.39 Å². The van der Waals surface area contributed by atoms with Crippen LogP contribution in [-0.4, -0.2) is 12.1 Å². The van der Waals surface area contributed by atoms with E-state index in [4.69, 9.17) is 9.47 Å². The Labute approximate surface area is 220 Å². The van der Waals surface area contributed by atoms with Gasteiger partial charge in [-0.25, -0.2) is 9.37 Å². The number of hydrogen-bond donors (Lipinski definition) is 0. The highest BCUT2D eigenvalue weighted by molar-refractivity contribution is 5.70. The molecule has 1 aromatic heterocycles. The largest absolute Gasteiger partial charge is 0.489 e. The van der Waals surface area contributed by atoms with Crippen LogP contribution in [0.15, 0.2) is 48.7 Å².